The molecule has 2 aromatic carbocycles. The van der Waals surface area contributed by atoms with Gasteiger partial charge in [0.1, 0.15) is 0 Å². The maximum absolute atomic E-state index is 6.23. The number of fused-ring (bicyclic) bond motifs is 1. The second kappa shape index (κ2) is 9.38. The zero-order valence-corrected chi connectivity index (χ0v) is 20.2. The molecule has 8 heteroatoms. The number of benzene rings is 2. The summed E-state index contributed by atoms with van der Waals surface area (Å²) in [4.78, 5) is 7.25. The van der Waals surface area contributed by atoms with Crippen LogP contribution in [0.25, 0.3) is 0 Å². The first-order valence-electron chi connectivity index (χ1n) is 10.8. The quantitative estimate of drug-likeness (QED) is 0.472. The monoisotopic (exact) mass is 476 g/mol. The van der Waals surface area contributed by atoms with E-state index < -0.39 is 0 Å². The topological polar surface area (TPSA) is 72.1 Å². The number of aliphatic imine (C=N–C) groups is 1. The van der Waals surface area contributed by atoms with Crippen LogP contribution in [0.2, 0.25) is 10.0 Å². The molecular formula is C24H30Cl2N4O2. The molecule has 1 heterocycles. The van der Waals surface area contributed by atoms with Gasteiger partial charge in [-0.05, 0) is 75.2 Å². The van der Waals surface area contributed by atoms with Gasteiger partial charge in [0.25, 0.3) is 0 Å². The molecule has 172 valence electrons. The molecule has 3 atom stereocenters. The van der Waals surface area contributed by atoms with Gasteiger partial charge in [-0.1, -0.05) is 29.3 Å². The van der Waals surface area contributed by atoms with Crippen molar-refractivity contribution >= 4 is 34.8 Å². The summed E-state index contributed by atoms with van der Waals surface area (Å²) in [5, 5.41) is 4.23. The highest BCUT2D eigenvalue weighted by Crippen LogP contribution is 2.50. The lowest BCUT2D eigenvalue weighted by Gasteiger charge is -2.44. The largest absolute Gasteiger partial charge is 0.493 e. The number of nitrogens with one attached hydrogen (secondary N) is 1. The Morgan fingerprint density at radius 2 is 1.81 bits per heavy atom. The molecule has 0 bridgehead atoms. The second-order valence-corrected chi connectivity index (χ2v) is 9.57. The predicted octanol–water partition coefficient (Wildman–Crippen LogP) is 4.93. The number of nitrogens with two attached hydrogens (primary N) is 1. The SMILES string of the molecule is COc1ccc(C23CCC(N=C(N)Nc4cc(Cl)cc(Cl)c4)CC2N(C)CC3)cc1OC. The lowest BCUT2D eigenvalue weighted by atomic mass is 9.65. The number of guanidine groups is 1. The summed E-state index contributed by atoms with van der Waals surface area (Å²) in [5.74, 6) is 1.92. The number of nitrogens with zero attached hydrogens (tertiary/aromatic N) is 2. The van der Waals surface area contributed by atoms with Crippen LogP contribution in [-0.2, 0) is 5.41 Å². The Labute approximate surface area is 199 Å². The smallest absolute Gasteiger partial charge is 0.193 e. The minimum atomic E-state index is 0.0863. The summed E-state index contributed by atoms with van der Waals surface area (Å²) >= 11 is 12.2. The van der Waals surface area contributed by atoms with Gasteiger partial charge in [0, 0.05) is 27.2 Å². The fraction of sp³-hybridized carbons (Fsp3) is 0.458. The summed E-state index contributed by atoms with van der Waals surface area (Å²) in [6, 6.07) is 12.1. The molecule has 0 aromatic heterocycles. The third-order valence-corrected chi connectivity index (χ3v) is 7.35. The first-order valence-corrected chi connectivity index (χ1v) is 11.6. The second-order valence-electron chi connectivity index (χ2n) is 8.70. The Kier molecular flexibility index (Phi) is 6.75. The van der Waals surface area contributed by atoms with Crippen LogP contribution >= 0.6 is 23.2 Å². The van der Waals surface area contributed by atoms with Crippen LogP contribution in [0.5, 0.6) is 11.5 Å². The molecule has 2 fully saturated rings. The highest BCUT2D eigenvalue weighted by atomic mass is 35.5. The third-order valence-electron chi connectivity index (χ3n) is 6.91. The number of rotatable bonds is 5. The molecule has 32 heavy (non-hydrogen) atoms. The van der Waals surface area contributed by atoms with Crippen molar-refractivity contribution in [3.63, 3.8) is 0 Å². The summed E-state index contributed by atoms with van der Waals surface area (Å²) in [7, 11) is 5.56. The molecule has 3 N–H and O–H groups in total. The van der Waals surface area contributed by atoms with Crippen LogP contribution in [0.15, 0.2) is 41.4 Å². The lowest BCUT2D eigenvalue weighted by molar-refractivity contribution is 0.168. The molecule has 0 radical (unpaired) electrons. The number of hydrogen-bond acceptors (Lipinski definition) is 4. The van der Waals surface area contributed by atoms with E-state index in [1.165, 1.54) is 5.56 Å². The van der Waals surface area contributed by atoms with Crippen molar-refractivity contribution < 1.29 is 9.47 Å². The van der Waals surface area contributed by atoms with E-state index in [-0.39, 0.29) is 11.5 Å². The van der Waals surface area contributed by atoms with Gasteiger partial charge in [0.2, 0.25) is 0 Å². The molecule has 2 aliphatic rings. The maximum Gasteiger partial charge on any atom is 0.193 e. The van der Waals surface area contributed by atoms with E-state index in [0.717, 1.165) is 49.4 Å². The minimum Gasteiger partial charge on any atom is -0.493 e. The van der Waals surface area contributed by atoms with Gasteiger partial charge in [-0.15, -0.1) is 0 Å². The van der Waals surface area contributed by atoms with E-state index in [1.807, 2.05) is 6.07 Å². The first kappa shape index (κ1) is 23.0. The molecule has 3 unspecified atom stereocenters. The maximum atomic E-state index is 6.23. The minimum absolute atomic E-state index is 0.0863. The Balaban J connectivity index is 1.54. The zero-order valence-electron chi connectivity index (χ0n) is 18.7. The molecule has 1 aliphatic carbocycles. The average Bonchev–Trinajstić information content (AvgIpc) is 3.09. The highest BCUT2D eigenvalue weighted by Gasteiger charge is 2.50. The van der Waals surface area contributed by atoms with Crippen molar-refractivity contribution in [2.24, 2.45) is 10.7 Å². The van der Waals surface area contributed by atoms with Gasteiger partial charge in [0.15, 0.2) is 17.5 Å². The molecule has 0 spiro atoms. The van der Waals surface area contributed by atoms with Crippen molar-refractivity contribution in [3.8, 4) is 11.5 Å². The van der Waals surface area contributed by atoms with E-state index in [1.54, 1.807) is 32.4 Å². The fourth-order valence-electron chi connectivity index (χ4n) is 5.36. The van der Waals surface area contributed by atoms with Gasteiger partial charge in [-0.2, -0.15) is 0 Å². The Bertz CT molecular complexity index is 995. The number of halogens is 2. The Hall–Kier alpha value is -2.15. The molecule has 1 saturated carbocycles. The number of likely N-dealkylation sites (tertiary alicyclic amines) is 1. The van der Waals surface area contributed by atoms with Gasteiger partial charge < -0.3 is 25.4 Å². The van der Waals surface area contributed by atoms with Crippen LogP contribution in [0.1, 0.15) is 31.2 Å². The Morgan fingerprint density at radius 3 is 2.50 bits per heavy atom. The number of ether oxygens (including phenoxy) is 2. The predicted molar refractivity (Wildman–Crippen MR) is 132 cm³/mol. The summed E-state index contributed by atoms with van der Waals surface area (Å²) < 4.78 is 11.0. The molecule has 1 aliphatic heterocycles. The molecule has 6 nitrogen and oxygen atoms in total. The molecular weight excluding hydrogens is 447 g/mol. The van der Waals surface area contributed by atoms with E-state index >= 15 is 0 Å². The van der Waals surface area contributed by atoms with E-state index in [2.05, 4.69) is 29.4 Å². The summed E-state index contributed by atoms with van der Waals surface area (Å²) in [6.07, 6.45) is 4.08. The van der Waals surface area contributed by atoms with Crippen LogP contribution in [0.3, 0.4) is 0 Å². The van der Waals surface area contributed by atoms with E-state index in [4.69, 9.17) is 43.4 Å². The van der Waals surface area contributed by atoms with Crippen LogP contribution in [-0.4, -0.2) is 50.8 Å². The number of likely N-dealkylation sites (N-methyl/N-ethyl adjacent to an activating group) is 1. The van der Waals surface area contributed by atoms with Crippen molar-refractivity contribution in [2.75, 3.05) is 33.1 Å². The van der Waals surface area contributed by atoms with Crippen LogP contribution < -0.4 is 20.5 Å². The van der Waals surface area contributed by atoms with Gasteiger partial charge in [0.05, 0.1) is 20.3 Å². The lowest BCUT2D eigenvalue weighted by Crippen LogP contribution is -2.47. The molecule has 1 saturated heterocycles. The summed E-state index contributed by atoms with van der Waals surface area (Å²) in [5.41, 5.74) is 8.36. The molecule has 4 rings (SSSR count). The van der Waals surface area contributed by atoms with Gasteiger partial charge >= 0.3 is 0 Å². The van der Waals surface area contributed by atoms with Crippen molar-refractivity contribution in [2.45, 2.75) is 43.2 Å². The number of anilines is 1. The summed E-state index contributed by atoms with van der Waals surface area (Å²) in [6.45, 7) is 1.06. The van der Waals surface area contributed by atoms with E-state index in [0.29, 0.717) is 22.0 Å². The van der Waals surface area contributed by atoms with Crippen molar-refractivity contribution in [3.05, 3.63) is 52.0 Å². The molecule has 2 aromatic rings. The van der Waals surface area contributed by atoms with Crippen molar-refractivity contribution in [1.82, 2.24) is 4.90 Å². The van der Waals surface area contributed by atoms with E-state index in [9.17, 15) is 0 Å². The van der Waals surface area contributed by atoms with Gasteiger partial charge in [-0.25, -0.2) is 4.99 Å². The van der Waals surface area contributed by atoms with Crippen LogP contribution in [0, 0.1) is 0 Å². The number of methoxy groups -OCH3 is 2. The third kappa shape index (κ3) is 4.49. The number of hydrogen-bond donors (Lipinski definition) is 2. The first-order chi connectivity index (χ1) is 15.3. The average molecular weight is 477 g/mol. The normalized spacial score (nSPS) is 26.0. The molecule has 0 amide bonds. The van der Waals surface area contributed by atoms with Crippen LogP contribution in [0.4, 0.5) is 5.69 Å². The standard InChI is InChI=1S/C24H30Cl2N4O2/c1-30-9-8-24(15-4-5-20(31-2)21(10-15)32-3)7-6-18(14-22(24)30)28-23(27)29-19-12-16(25)11-17(26)13-19/h4-5,10-13,18,22H,6-9,14H2,1-3H3,(H3,27,28,29). The Morgan fingerprint density at radius 1 is 1.09 bits per heavy atom. The van der Waals surface area contributed by atoms with Crippen molar-refractivity contribution in [1.29, 1.82) is 0 Å². The zero-order chi connectivity index (χ0) is 22.9. The fourth-order valence-corrected chi connectivity index (χ4v) is 5.89. The van der Waals surface area contributed by atoms with Gasteiger partial charge in [-0.3, -0.25) is 0 Å². The highest BCUT2D eigenvalue weighted by molar-refractivity contribution is 6.35.